The zero-order valence-corrected chi connectivity index (χ0v) is 12.1. The van der Waals surface area contributed by atoms with E-state index >= 15 is 0 Å². The smallest absolute Gasteiger partial charge is 0.298 e. The predicted octanol–water partition coefficient (Wildman–Crippen LogP) is 1.95. The van der Waals surface area contributed by atoms with Crippen molar-refractivity contribution in [3.8, 4) is 17.2 Å². The molecule has 0 spiro atoms. The summed E-state index contributed by atoms with van der Waals surface area (Å²) in [4.78, 5) is 22.8. The van der Waals surface area contributed by atoms with Gasteiger partial charge in [-0.25, -0.2) is 0 Å². The Balaban J connectivity index is 2.39. The number of carbonyl (C=O) groups is 2. The molecule has 110 valence electrons. The Morgan fingerprint density at radius 3 is 2.52 bits per heavy atom. The van der Waals surface area contributed by atoms with Crippen molar-refractivity contribution in [2.45, 2.75) is 0 Å². The first-order valence-corrected chi connectivity index (χ1v) is 6.60. The third kappa shape index (κ3) is 3.29. The van der Waals surface area contributed by atoms with Gasteiger partial charge >= 0.3 is 0 Å². The van der Waals surface area contributed by atoms with Gasteiger partial charge in [0.2, 0.25) is 0 Å². The van der Waals surface area contributed by atoms with E-state index in [0.717, 1.165) is 0 Å². The minimum atomic E-state index is -0.451. The maximum absolute atomic E-state index is 12.2. The van der Waals surface area contributed by atoms with Crippen molar-refractivity contribution >= 4 is 29.6 Å². The van der Waals surface area contributed by atoms with Gasteiger partial charge in [0.25, 0.3) is 12.4 Å². The molecule has 0 unspecified atom stereocenters. The van der Waals surface area contributed by atoms with Gasteiger partial charge in [0.05, 0.1) is 31.7 Å². The molecular formula is C13H12N2O5S. The van der Waals surface area contributed by atoms with Crippen LogP contribution in [-0.4, -0.2) is 31.0 Å². The van der Waals surface area contributed by atoms with Gasteiger partial charge in [0.1, 0.15) is 5.75 Å². The fraction of sp³-hybridized carbons (Fsp3) is 0.154. The summed E-state index contributed by atoms with van der Waals surface area (Å²) < 4.78 is 19.0. The summed E-state index contributed by atoms with van der Waals surface area (Å²) >= 11 is 1.21. The van der Waals surface area contributed by atoms with Crippen molar-refractivity contribution in [1.82, 2.24) is 4.37 Å². The van der Waals surface area contributed by atoms with Crippen LogP contribution in [0.4, 0.5) is 5.69 Å². The van der Waals surface area contributed by atoms with E-state index in [0.29, 0.717) is 17.2 Å². The van der Waals surface area contributed by atoms with Crippen LogP contribution in [0.15, 0.2) is 23.7 Å². The molecule has 0 bridgehead atoms. The summed E-state index contributed by atoms with van der Waals surface area (Å²) in [5.41, 5.74) is 0.697. The molecule has 1 N–H and O–H groups in total. The van der Waals surface area contributed by atoms with Crippen molar-refractivity contribution in [3.63, 3.8) is 0 Å². The molecule has 0 radical (unpaired) electrons. The number of benzene rings is 1. The minimum Gasteiger partial charge on any atom is -0.493 e. The first-order valence-electron chi connectivity index (χ1n) is 5.76. The number of nitrogens with one attached hydrogen (secondary N) is 1. The quantitative estimate of drug-likeness (QED) is 0.821. The summed E-state index contributed by atoms with van der Waals surface area (Å²) in [6.07, 6.45) is 1.52. The SMILES string of the molecule is COc1cc(OC=O)c(C(=O)Nc2cnsc2)cc1OC. The fourth-order valence-corrected chi connectivity index (χ4v) is 2.12. The summed E-state index contributed by atoms with van der Waals surface area (Å²) in [5, 5.41) is 4.32. The topological polar surface area (TPSA) is 86.8 Å². The van der Waals surface area contributed by atoms with Crippen LogP contribution in [0.25, 0.3) is 0 Å². The largest absolute Gasteiger partial charge is 0.493 e. The number of methoxy groups -OCH3 is 2. The Morgan fingerprint density at radius 2 is 1.95 bits per heavy atom. The van der Waals surface area contributed by atoms with Crippen LogP contribution in [0, 0.1) is 0 Å². The fourth-order valence-electron chi connectivity index (χ4n) is 1.65. The molecule has 0 saturated carbocycles. The van der Waals surface area contributed by atoms with E-state index in [2.05, 4.69) is 9.69 Å². The number of hydrogen-bond donors (Lipinski definition) is 1. The summed E-state index contributed by atoms with van der Waals surface area (Å²) in [5.74, 6) is 0.323. The standard InChI is InChI=1S/C13H12N2O5S/c1-18-11-3-9(10(20-7-16)4-12(11)19-2)13(17)15-8-5-14-21-6-8/h3-7H,1-2H3,(H,15,17). The van der Waals surface area contributed by atoms with E-state index in [1.54, 1.807) is 5.38 Å². The van der Waals surface area contributed by atoms with Crippen molar-refractivity contribution in [2.75, 3.05) is 19.5 Å². The van der Waals surface area contributed by atoms with Crippen LogP contribution >= 0.6 is 11.5 Å². The number of anilines is 1. The molecule has 2 rings (SSSR count). The lowest BCUT2D eigenvalue weighted by molar-refractivity contribution is -0.120. The second-order valence-electron chi connectivity index (χ2n) is 3.78. The van der Waals surface area contributed by atoms with Crippen molar-refractivity contribution in [1.29, 1.82) is 0 Å². The highest BCUT2D eigenvalue weighted by atomic mass is 32.1. The Morgan fingerprint density at radius 1 is 1.24 bits per heavy atom. The maximum atomic E-state index is 12.2. The molecule has 1 aromatic carbocycles. The van der Waals surface area contributed by atoms with Gasteiger partial charge in [-0.3, -0.25) is 9.59 Å². The minimum absolute atomic E-state index is 0.0725. The number of aromatic nitrogens is 1. The zero-order chi connectivity index (χ0) is 15.2. The molecule has 0 atom stereocenters. The first-order chi connectivity index (χ1) is 10.2. The van der Waals surface area contributed by atoms with Crippen LogP contribution in [0.5, 0.6) is 17.2 Å². The van der Waals surface area contributed by atoms with Gasteiger partial charge in [0.15, 0.2) is 11.5 Å². The van der Waals surface area contributed by atoms with Crippen molar-refractivity contribution in [3.05, 3.63) is 29.3 Å². The number of hydrogen-bond acceptors (Lipinski definition) is 7. The van der Waals surface area contributed by atoms with E-state index < -0.39 is 5.91 Å². The van der Waals surface area contributed by atoms with E-state index in [9.17, 15) is 9.59 Å². The number of carbonyl (C=O) groups excluding carboxylic acids is 2. The Labute approximate surface area is 124 Å². The summed E-state index contributed by atoms with van der Waals surface area (Å²) in [6, 6.07) is 2.85. The average molecular weight is 308 g/mol. The van der Waals surface area contributed by atoms with Gasteiger partial charge in [-0.2, -0.15) is 4.37 Å². The van der Waals surface area contributed by atoms with Crippen molar-refractivity contribution in [2.24, 2.45) is 0 Å². The Bertz CT molecular complexity index is 642. The van der Waals surface area contributed by atoms with E-state index in [-0.39, 0.29) is 17.8 Å². The molecule has 0 aliphatic heterocycles. The third-order valence-corrected chi connectivity index (χ3v) is 3.18. The number of rotatable bonds is 6. The molecule has 8 heteroatoms. The molecule has 7 nitrogen and oxygen atoms in total. The van der Waals surface area contributed by atoms with Crippen molar-refractivity contribution < 1.29 is 23.8 Å². The first kappa shape index (κ1) is 14.8. The molecule has 0 saturated heterocycles. The lowest BCUT2D eigenvalue weighted by Crippen LogP contribution is -2.13. The van der Waals surface area contributed by atoms with Gasteiger partial charge in [0, 0.05) is 17.5 Å². The molecule has 2 aromatic rings. The second kappa shape index (κ2) is 6.71. The maximum Gasteiger partial charge on any atom is 0.298 e. The van der Waals surface area contributed by atoms with Crippen LogP contribution in [-0.2, 0) is 4.79 Å². The molecule has 1 amide bonds. The van der Waals surface area contributed by atoms with Gasteiger partial charge in [-0.15, -0.1) is 0 Å². The average Bonchev–Trinajstić information content (AvgIpc) is 2.99. The van der Waals surface area contributed by atoms with E-state index in [4.69, 9.17) is 14.2 Å². The Hall–Kier alpha value is -2.61. The monoisotopic (exact) mass is 308 g/mol. The van der Waals surface area contributed by atoms with Gasteiger partial charge in [-0.1, -0.05) is 0 Å². The van der Waals surface area contributed by atoms with Gasteiger partial charge < -0.3 is 19.5 Å². The number of nitrogens with zero attached hydrogens (tertiary/aromatic N) is 1. The number of amides is 1. The number of ether oxygens (including phenoxy) is 3. The zero-order valence-electron chi connectivity index (χ0n) is 11.3. The molecule has 1 heterocycles. The highest BCUT2D eigenvalue weighted by Crippen LogP contribution is 2.35. The molecule has 0 aliphatic carbocycles. The molecule has 0 aliphatic rings. The van der Waals surface area contributed by atoms with Crippen LogP contribution in [0.1, 0.15) is 10.4 Å². The molecule has 1 aromatic heterocycles. The lowest BCUT2D eigenvalue weighted by Gasteiger charge is -2.13. The summed E-state index contributed by atoms with van der Waals surface area (Å²) in [6.45, 7) is 0.240. The molecule has 21 heavy (non-hydrogen) atoms. The predicted molar refractivity (Wildman–Crippen MR) is 76.3 cm³/mol. The highest BCUT2D eigenvalue weighted by Gasteiger charge is 2.18. The highest BCUT2D eigenvalue weighted by molar-refractivity contribution is 7.04. The van der Waals surface area contributed by atoms with Crippen LogP contribution < -0.4 is 19.5 Å². The van der Waals surface area contributed by atoms with E-state index in [1.807, 2.05) is 0 Å². The van der Waals surface area contributed by atoms with Gasteiger partial charge in [-0.05, 0) is 11.5 Å². The van der Waals surface area contributed by atoms with Crippen LogP contribution in [0.3, 0.4) is 0 Å². The lowest BCUT2D eigenvalue weighted by atomic mass is 10.1. The molecule has 0 fully saturated rings. The summed E-state index contributed by atoms with van der Waals surface area (Å²) in [7, 11) is 2.89. The van der Waals surface area contributed by atoms with E-state index in [1.165, 1.54) is 44.1 Å². The third-order valence-electron chi connectivity index (χ3n) is 2.60. The molecular weight excluding hydrogens is 296 g/mol. The normalized spacial score (nSPS) is 9.81. The second-order valence-corrected chi connectivity index (χ2v) is 4.44. The van der Waals surface area contributed by atoms with Crippen LogP contribution in [0.2, 0.25) is 0 Å². The Kier molecular flexibility index (Phi) is 4.72.